The highest BCUT2D eigenvalue weighted by atomic mass is 16.4. The molecule has 1 rings (SSSR count). The summed E-state index contributed by atoms with van der Waals surface area (Å²) in [5, 5.41) is 9.45. The van der Waals surface area contributed by atoms with E-state index in [-0.39, 0.29) is 5.92 Å². The first-order valence-corrected chi connectivity index (χ1v) is 10.5. The molecule has 1 atom stereocenters. The molecule has 2 heteroatoms. The molecule has 1 fully saturated rings. The van der Waals surface area contributed by atoms with Crippen LogP contribution in [0.1, 0.15) is 116 Å². The summed E-state index contributed by atoms with van der Waals surface area (Å²) in [6, 6.07) is 0. The zero-order chi connectivity index (χ0) is 16.8. The van der Waals surface area contributed by atoms with Crippen LogP contribution in [0.2, 0.25) is 0 Å². The van der Waals surface area contributed by atoms with Gasteiger partial charge in [0.05, 0.1) is 5.92 Å². The fraction of sp³-hybridized carbons (Fsp3) is 0.952. The Kier molecular flexibility index (Phi) is 12.4. The predicted octanol–water partition coefficient (Wildman–Crippen LogP) is 6.97. The topological polar surface area (TPSA) is 37.3 Å². The lowest BCUT2D eigenvalue weighted by Gasteiger charge is -2.24. The Morgan fingerprint density at radius 2 is 1.39 bits per heavy atom. The number of carboxylic acids is 1. The van der Waals surface area contributed by atoms with Gasteiger partial charge in [-0.1, -0.05) is 103 Å². The van der Waals surface area contributed by atoms with Crippen molar-refractivity contribution in [3.63, 3.8) is 0 Å². The summed E-state index contributed by atoms with van der Waals surface area (Å²) in [6.07, 6.45) is 21.6. The van der Waals surface area contributed by atoms with Crippen LogP contribution in [0.5, 0.6) is 0 Å². The van der Waals surface area contributed by atoms with E-state index in [1.165, 1.54) is 89.9 Å². The van der Waals surface area contributed by atoms with Crippen molar-refractivity contribution in [2.75, 3.05) is 0 Å². The number of hydrogen-bond acceptors (Lipinski definition) is 1. The number of unbranched alkanes of at least 4 members (excludes halogenated alkanes) is 9. The lowest BCUT2D eigenvalue weighted by molar-refractivity contribution is -0.142. The lowest BCUT2D eigenvalue weighted by atomic mass is 9.81. The summed E-state index contributed by atoms with van der Waals surface area (Å²) in [7, 11) is 0. The van der Waals surface area contributed by atoms with E-state index in [4.69, 9.17) is 0 Å². The number of rotatable bonds is 14. The first-order chi connectivity index (χ1) is 11.2. The zero-order valence-corrected chi connectivity index (χ0v) is 15.5. The van der Waals surface area contributed by atoms with Gasteiger partial charge in [-0.15, -0.1) is 0 Å². The smallest absolute Gasteiger partial charge is 0.306 e. The third-order valence-corrected chi connectivity index (χ3v) is 5.60. The summed E-state index contributed by atoms with van der Waals surface area (Å²) in [5.41, 5.74) is 0. The second-order valence-electron chi connectivity index (χ2n) is 7.75. The van der Waals surface area contributed by atoms with E-state index >= 15 is 0 Å². The summed E-state index contributed by atoms with van der Waals surface area (Å²) < 4.78 is 0. The van der Waals surface area contributed by atoms with Gasteiger partial charge < -0.3 is 5.11 Å². The van der Waals surface area contributed by atoms with Gasteiger partial charge in [0.2, 0.25) is 0 Å². The molecule has 0 heterocycles. The van der Waals surface area contributed by atoms with Gasteiger partial charge in [0.25, 0.3) is 0 Å². The van der Waals surface area contributed by atoms with E-state index in [0.29, 0.717) is 5.92 Å². The molecular formula is C21H40O2. The van der Waals surface area contributed by atoms with Crippen LogP contribution in [-0.2, 0) is 4.79 Å². The van der Waals surface area contributed by atoms with E-state index in [1.807, 2.05) is 0 Å². The van der Waals surface area contributed by atoms with E-state index in [1.54, 1.807) is 0 Å². The predicted molar refractivity (Wildman–Crippen MR) is 98.8 cm³/mol. The van der Waals surface area contributed by atoms with Crippen molar-refractivity contribution in [1.29, 1.82) is 0 Å². The van der Waals surface area contributed by atoms with Crippen molar-refractivity contribution in [1.82, 2.24) is 0 Å². The lowest BCUT2D eigenvalue weighted by Crippen LogP contribution is -2.19. The molecule has 0 radical (unpaired) electrons. The van der Waals surface area contributed by atoms with Crippen molar-refractivity contribution < 1.29 is 9.90 Å². The number of carbonyl (C=O) groups is 1. The molecule has 23 heavy (non-hydrogen) atoms. The van der Waals surface area contributed by atoms with Crippen LogP contribution in [0, 0.1) is 11.8 Å². The minimum absolute atomic E-state index is 0.0767. The molecule has 1 aliphatic rings. The van der Waals surface area contributed by atoms with Gasteiger partial charge in [0, 0.05) is 0 Å². The minimum Gasteiger partial charge on any atom is -0.481 e. The molecule has 0 aromatic heterocycles. The Balaban J connectivity index is 1.99. The second kappa shape index (κ2) is 13.9. The molecule has 0 amide bonds. The first-order valence-electron chi connectivity index (χ1n) is 10.5. The summed E-state index contributed by atoms with van der Waals surface area (Å²) in [4.78, 5) is 11.5. The molecule has 1 aliphatic carbocycles. The average Bonchev–Trinajstić information content (AvgIpc) is 2.56. The molecule has 136 valence electrons. The highest BCUT2D eigenvalue weighted by Gasteiger charge is 2.23. The fourth-order valence-corrected chi connectivity index (χ4v) is 4.05. The number of aliphatic carboxylic acids is 1. The van der Waals surface area contributed by atoms with Gasteiger partial charge in [-0.05, 0) is 18.8 Å². The highest BCUT2D eigenvalue weighted by Crippen LogP contribution is 2.31. The molecule has 0 bridgehead atoms. The van der Waals surface area contributed by atoms with E-state index in [0.717, 1.165) is 19.3 Å². The van der Waals surface area contributed by atoms with E-state index in [2.05, 4.69) is 6.92 Å². The van der Waals surface area contributed by atoms with Gasteiger partial charge >= 0.3 is 5.97 Å². The van der Waals surface area contributed by atoms with Crippen LogP contribution in [0.25, 0.3) is 0 Å². The fourth-order valence-electron chi connectivity index (χ4n) is 4.05. The standard InChI is InChI=1S/C21H40O2/c1-2-3-4-5-6-7-8-9-10-14-17-20(21(22)23)18-19-15-12-11-13-16-19/h19-20H,2-18H2,1H3,(H,22,23). The number of hydrogen-bond donors (Lipinski definition) is 1. The first kappa shape index (κ1) is 20.5. The van der Waals surface area contributed by atoms with Crippen LogP contribution in [0.4, 0.5) is 0 Å². The molecule has 0 aliphatic heterocycles. The summed E-state index contributed by atoms with van der Waals surface area (Å²) in [6.45, 7) is 2.26. The van der Waals surface area contributed by atoms with Crippen LogP contribution in [0.15, 0.2) is 0 Å². The van der Waals surface area contributed by atoms with Gasteiger partial charge in [0.1, 0.15) is 0 Å². The summed E-state index contributed by atoms with van der Waals surface area (Å²) in [5.74, 6) is 0.0617. The van der Waals surface area contributed by atoms with Crippen LogP contribution in [0.3, 0.4) is 0 Å². The third kappa shape index (κ3) is 10.8. The second-order valence-corrected chi connectivity index (χ2v) is 7.75. The Bertz CT molecular complexity index is 282. The normalized spacial score (nSPS) is 17.3. The highest BCUT2D eigenvalue weighted by molar-refractivity contribution is 5.69. The molecular weight excluding hydrogens is 284 g/mol. The molecule has 0 aromatic carbocycles. The maximum atomic E-state index is 11.5. The molecule has 2 nitrogen and oxygen atoms in total. The third-order valence-electron chi connectivity index (χ3n) is 5.60. The van der Waals surface area contributed by atoms with Gasteiger partial charge in [-0.25, -0.2) is 0 Å². The maximum absolute atomic E-state index is 11.5. The van der Waals surface area contributed by atoms with Gasteiger partial charge in [-0.2, -0.15) is 0 Å². The molecule has 1 N–H and O–H groups in total. The Morgan fingerprint density at radius 1 is 0.870 bits per heavy atom. The SMILES string of the molecule is CCCCCCCCCCCCC(CC1CCCCC1)C(=O)O. The minimum atomic E-state index is -0.550. The zero-order valence-electron chi connectivity index (χ0n) is 15.5. The Labute approximate surface area is 144 Å². The number of carboxylic acid groups (broad SMARTS) is 1. The summed E-state index contributed by atoms with van der Waals surface area (Å²) >= 11 is 0. The molecule has 0 saturated heterocycles. The maximum Gasteiger partial charge on any atom is 0.306 e. The molecule has 0 aromatic rings. The van der Waals surface area contributed by atoms with Crippen LogP contribution < -0.4 is 0 Å². The van der Waals surface area contributed by atoms with Crippen molar-refractivity contribution in [2.24, 2.45) is 11.8 Å². The van der Waals surface area contributed by atoms with Gasteiger partial charge in [-0.3, -0.25) is 4.79 Å². The largest absolute Gasteiger partial charge is 0.481 e. The van der Waals surface area contributed by atoms with E-state index < -0.39 is 5.97 Å². The van der Waals surface area contributed by atoms with Gasteiger partial charge in [0.15, 0.2) is 0 Å². The molecule has 1 saturated carbocycles. The van der Waals surface area contributed by atoms with Crippen molar-refractivity contribution >= 4 is 5.97 Å². The van der Waals surface area contributed by atoms with Crippen molar-refractivity contribution in [3.8, 4) is 0 Å². The quantitative estimate of drug-likeness (QED) is 0.350. The van der Waals surface area contributed by atoms with Crippen LogP contribution in [-0.4, -0.2) is 11.1 Å². The van der Waals surface area contributed by atoms with Crippen molar-refractivity contribution in [3.05, 3.63) is 0 Å². The van der Waals surface area contributed by atoms with E-state index in [9.17, 15) is 9.90 Å². The molecule has 0 spiro atoms. The Hall–Kier alpha value is -0.530. The van der Waals surface area contributed by atoms with Crippen LogP contribution >= 0.6 is 0 Å². The van der Waals surface area contributed by atoms with Crippen molar-refractivity contribution in [2.45, 2.75) is 116 Å². The average molecular weight is 325 g/mol. The molecule has 1 unspecified atom stereocenters. The Morgan fingerprint density at radius 3 is 1.91 bits per heavy atom. The monoisotopic (exact) mass is 324 g/mol.